The lowest BCUT2D eigenvalue weighted by molar-refractivity contribution is 0.0829. The topological polar surface area (TPSA) is 20.2 Å². The predicted molar refractivity (Wildman–Crippen MR) is 36.4 cm³/mol. The molecular formula is C8H13FO. The standard InChI is InChI=1S/C8H13FO/c9-8-6-3-1-2-5(6)4-7(8)10/h5-8,10H,1-4H2. The average Bonchev–Trinajstić information content (AvgIpc) is 2.41. The fourth-order valence-electron chi connectivity index (χ4n) is 2.50. The Balaban J connectivity index is 2.09. The van der Waals surface area contributed by atoms with Crippen molar-refractivity contribution in [2.75, 3.05) is 0 Å². The van der Waals surface area contributed by atoms with Gasteiger partial charge in [-0.2, -0.15) is 0 Å². The van der Waals surface area contributed by atoms with Crippen molar-refractivity contribution in [3.05, 3.63) is 0 Å². The number of halogens is 1. The summed E-state index contributed by atoms with van der Waals surface area (Å²) in [6, 6.07) is 0. The van der Waals surface area contributed by atoms with Gasteiger partial charge in [0, 0.05) is 0 Å². The van der Waals surface area contributed by atoms with E-state index in [2.05, 4.69) is 0 Å². The van der Waals surface area contributed by atoms with E-state index in [0.29, 0.717) is 12.3 Å². The van der Waals surface area contributed by atoms with Gasteiger partial charge in [-0.3, -0.25) is 0 Å². The largest absolute Gasteiger partial charge is 0.390 e. The number of alkyl halides is 1. The summed E-state index contributed by atoms with van der Waals surface area (Å²) < 4.78 is 13.0. The van der Waals surface area contributed by atoms with Gasteiger partial charge in [-0.1, -0.05) is 6.42 Å². The maximum absolute atomic E-state index is 13.0. The molecule has 4 unspecified atom stereocenters. The van der Waals surface area contributed by atoms with Crippen LogP contribution in [0.2, 0.25) is 0 Å². The van der Waals surface area contributed by atoms with Crippen LogP contribution in [-0.2, 0) is 0 Å². The van der Waals surface area contributed by atoms with Crippen molar-refractivity contribution in [2.45, 2.75) is 38.0 Å². The first-order chi connectivity index (χ1) is 4.79. The van der Waals surface area contributed by atoms with Gasteiger partial charge < -0.3 is 5.11 Å². The van der Waals surface area contributed by atoms with Crippen molar-refractivity contribution in [1.82, 2.24) is 0 Å². The molecule has 0 bridgehead atoms. The summed E-state index contributed by atoms with van der Waals surface area (Å²) in [7, 11) is 0. The minimum Gasteiger partial charge on any atom is -0.390 e. The lowest BCUT2D eigenvalue weighted by Crippen LogP contribution is -2.19. The molecule has 0 aromatic heterocycles. The minimum absolute atomic E-state index is 0.204. The van der Waals surface area contributed by atoms with Gasteiger partial charge in [0.05, 0.1) is 6.10 Å². The van der Waals surface area contributed by atoms with Crippen molar-refractivity contribution >= 4 is 0 Å². The molecule has 0 aromatic rings. The first-order valence-corrected chi connectivity index (χ1v) is 4.11. The fourth-order valence-corrected chi connectivity index (χ4v) is 2.50. The van der Waals surface area contributed by atoms with E-state index in [1.54, 1.807) is 0 Å². The van der Waals surface area contributed by atoms with Crippen LogP contribution >= 0.6 is 0 Å². The molecule has 1 N–H and O–H groups in total. The van der Waals surface area contributed by atoms with Crippen LogP contribution in [0.1, 0.15) is 25.7 Å². The Kier molecular flexibility index (Phi) is 1.44. The third-order valence-corrected chi connectivity index (χ3v) is 3.04. The molecule has 0 aliphatic heterocycles. The van der Waals surface area contributed by atoms with Crippen LogP contribution < -0.4 is 0 Å². The molecule has 0 radical (unpaired) electrons. The SMILES string of the molecule is OC1CC2CCCC2C1F. The van der Waals surface area contributed by atoms with E-state index in [4.69, 9.17) is 5.11 Å². The van der Waals surface area contributed by atoms with Crippen LogP contribution in [0, 0.1) is 11.8 Å². The zero-order chi connectivity index (χ0) is 7.14. The Morgan fingerprint density at radius 3 is 2.80 bits per heavy atom. The van der Waals surface area contributed by atoms with Gasteiger partial charge in [0.2, 0.25) is 0 Å². The van der Waals surface area contributed by atoms with Gasteiger partial charge in [-0.25, -0.2) is 4.39 Å². The number of aliphatic hydroxyl groups is 1. The first kappa shape index (κ1) is 6.59. The molecule has 0 heterocycles. The molecule has 2 aliphatic rings. The number of hydrogen-bond acceptors (Lipinski definition) is 1. The maximum Gasteiger partial charge on any atom is 0.129 e. The Bertz CT molecular complexity index is 135. The van der Waals surface area contributed by atoms with Crippen LogP contribution in [-0.4, -0.2) is 17.4 Å². The van der Waals surface area contributed by atoms with Crippen molar-refractivity contribution in [1.29, 1.82) is 0 Å². The minimum atomic E-state index is -0.910. The van der Waals surface area contributed by atoms with Crippen LogP contribution in [0.3, 0.4) is 0 Å². The van der Waals surface area contributed by atoms with E-state index in [1.807, 2.05) is 0 Å². The molecule has 2 heteroatoms. The molecule has 1 nitrogen and oxygen atoms in total. The van der Waals surface area contributed by atoms with Gasteiger partial charge in [0.1, 0.15) is 6.17 Å². The van der Waals surface area contributed by atoms with E-state index in [9.17, 15) is 4.39 Å². The van der Waals surface area contributed by atoms with E-state index in [0.717, 1.165) is 12.8 Å². The van der Waals surface area contributed by atoms with Crippen LogP contribution in [0.5, 0.6) is 0 Å². The Morgan fingerprint density at radius 1 is 1.30 bits per heavy atom. The molecule has 0 amide bonds. The summed E-state index contributed by atoms with van der Waals surface area (Å²) in [5.41, 5.74) is 0. The molecule has 2 saturated carbocycles. The lowest BCUT2D eigenvalue weighted by Gasteiger charge is -2.10. The summed E-state index contributed by atoms with van der Waals surface area (Å²) in [4.78, 5) is 0. The van der Waals surface area contributed by atoms with Gasteiger partial charge >= 0.3 is 0 Å². The Morgan fingerprint density at radius 2 is 2.10 bits per heavy atom. The highest BCUT2D eigenvalue weighted by Gasteiger charge is 2.44. The summed E-state index contributed by atoms with van der Waals surface area (Å²) in [5.74, 6) is 0.708. The smallest absolute Gasteiger partial charge is 0.129 e. The second kappa shape index (κ2) is 2.19. The number of hydrogen-bond donors (Lipinski definition) is 1. The highest BCUT2D eigenvalue weighted by atomic mass is 19.1. The van der Waals surface area contributed by atoms with E-state index >= 15 is 0 Å². The molecule has 0 saturated heterocycles. The Labute approximate surface area is 60.2 Å². The maximum atomic E-state index is 13.0. The zero-order valence-corrected chi connectivity index (χ0v) is 5.96. The molecule has 2 aliphatic carbocycles. The van der Waals surface area contributed by atoms with Crippen molar-refractivity contribution in [3.63, 3.8) is 0 Å². The highest BCUT2D eigenvalue weighted by Crippen LogP contribution is 2.45. The molecule has 0 spiro atoms. The Hall–Kier alpha value is -0.110. The van der Waals surface area contributed by atoms with Crippen LogP contribution in [0.4, 0.5) is 4.39 Å². The summed E-state index contributed by atoms with van der Waals surface area (Å²) in [5, 5.41) is 9.13. The van der Waals surface area contributed by atoms with Gasteiger partial charge in [0.15, 0.2) is 0 Å². The molecule has 2 rings (SSSR count). The number of aliphatic hydroxyl groups excluding tert-OH is 1. The van der Waals surface area contributed by atoms with E-state index in [-0.39, 0.29) is 5.92 Å². The first-order valence-electron chi connectivity index (χ1n) is 4.11. The summed E-state index contributed by atoms with van der Waals surface area (Å²) in [6.07, 6.45) is 2.47. The molecule has 58 valence electrons. The fraction of sp³-hybridized carbons (Fsp3) is 1.00. The monoisotopic (exact) mass is 144 g/mol. The predicted octanol–water partition coefficient (Wildman–Crippen LogP) is 1.51. The molecule has 4 atom stereocenters. The highest BCUT2D eigenvalue weighted by molar-refractivity contribution is 4.94. The second-order valence-corrected chi connectivity index (χ2v) is 3.60. The second-order valence-electron chi connectivity index (χ2n) is 3.60. The molecule has 10 heavy (non-hydrogen) atoms. The lowest BCUT2D eigenvalue weighted by atomic mass is 10.0. The zero-order valence-electron chi connectivity index (χ0n) is 5.96. The summed E-state index contributed by atoms with van der Waals surface area (Å²) >= 11 is 0. The van der Waals surface area contributed by atoms with Crippen molar-refractivity contribution in [2.24, 2.45) is 11.8 Å². The van der Waals surface area contributed by atoms with Gasteiger partial charge in [-0.05, 0) is 31.1 Å². The number of rotatable bonds is 0. The third-order valence-electron chi connectivity index (χ3n) is 3.04. The molecule has 0 aromatic carbocycles. The van der Waals surface area contributed by atoms with Gasteiger partial charge in [0.25, 0.3) is 0 Å². The van der Waals surface area contributed by atoms with E-state index < -0.39 is 12.3 Å². The molecular weight excluding hydrogens is 131 g/mol. The van der Waals surface area contributed by atoms with E-state index in [1.165, 1.54) is 6.42 Å². The van der Waals surface area contributed by atoms with Gasteiger partial charge in [-0.15, -0.1) is 0 Å². The van der Waals surface area contributed by atoms with Crippen molar-refractivity contribution < 1.29 is 9.50 Å². The van der Waals surface area contributed by atoms with Crippen molar-refractivity contribution in [3.8, 4) is 0 Å². The quantitative estimate of drug-likeness (QED) is 0.546. The van der Waals surface area contributed by atoms with Crippen LogP contribution in [0.25, 0.3) is 0 Å². The third kappa shape index (κ3) is 0.782. The summed E-state index contributed by atoms with van der Waals surface area (Å²) in [6.45, 7) is 0. The molecule has 2 fully saturated rings. The van der Waals surface area contributed by atoms with Crippen LogP contribution in [0.15, 0.2) is 0 Å². The number of fused-ring (bicyclic) bond motifs is 1. The normalized spacial score (nSPS) is 53.4. The average molecular weight is 144 g/mol.